The molecular formula is C43H34F4N2. The van der Waals surface area contributed by atoms with Crippen LogP contribution in [0.15, 0.2) is 91.0 Å². The number of nitrogens with zero attached hydrogens (tertiary/aromatic N) is 2. The lowest BCUT2D eigenvalue weighted by Gasteiger charge is -2.32. The van der Waals surface area contributed by atoms with E-state index >= 15 is 0 Å². The average Bonchev–Trinajstić information content (AvgIpc) is 3.52. The SMILES string of the molecule is CC(C)C1(C)c2ccc(C(C)(C)C)nc2-c2c1cc1ccc3c4c(ccc2c14)cc1c2ccccc2n(-c2cc(F)cc(C(F)(F)F)c2)c13. The van der Waals surface area contributed by atoms with Gasteiger partial charge < -0.3 is 4.57 Å². The van der Waals surface area contributed by atoms with E-state index in [0.29, 0.717) is 17.5 Å². The number of hydrogen-bond donors (Lipinski definition) is 0. The predicted octanol–water partition coefficient (Wildman–Crippen LogP) is 12.5. The summed E-state index contributed by atoms with van der Waals surface area (Å²) in [6.07, 6.45) is -4.69. The fourth-order valence-electron chi connectivity index (χ4n) is 8.45. The molecule has 0 saturated heterocycles. The smallest absolute Gasteiger partial charge is 0.308 e. The maximum atomic E-state index is 14.9. The molecule has 6 aromatic carbocycles. The third kappa shape index (κ3) is 3.97. The Balaban J connectivity index is 1.44. The van der Waals surface area contributed by atoms with Crippen molar-refractivity contribution in [1.82, 2.24) is 9.55 Å². The summed E-state index contributed by atoms with van der Waals surface area (Å²) in [4.78, 5) is 5.36. The molecule has 1 aliphatic rings. The van der Waals surface area contributed by atoms with Crippen LogP contribution in [0, 0.1) is 11.7 Å². The van der Waals surface area contributed by atoms with E-state index in [4.69, 9.17) is 4.98 Å². The van der Waals surface area contributed by atoms with Crippen molar-refractivity contribution in [1.29, 1.82) is 0 Å². The highest BCUT2D eigenvalue weighted by Crippen LogP contribution is 2.56. The second kappa shape index (κ2) is 9.59. The molecule has 8 aromatic rings. The monoisotopic (exact) mass is 654 g/mol. The van der Waals surface area contributed by atoms with E-state index in [1.807, 2.05) is 24.3 Å². The van der Waals surface area contributed by atoms with Crippen LogP contribution in [0.3, 0.4) is 0 Å². The molecule has 0 spiro atoms. The van der Waals surface area contributed by atoms with Crippen molar-refractivity contribution >= 4 is 54.1 Å². The van der Waals surface area contributed by atoms with E-state index in [1.165, 1.54) is 17.2 Å². The molecule has 0 fully saturated rings. The first-order valence-electron chi connectivity index (χ1n) is 16.8. The van der Waals surface area contributed by atoms with Crippen LogP contribution < -0.4 is 0 Å². The zero-order chi connectivity index (χ0) is 34.4. The Morgan fingerprint density at radius 3 is 2.12 bits per heavy atom. The van der Waals surface area contributed by atoms with Gasteiger partial charge in [-0.2, -0.15) is 13.2 Å². The lowest BCUT2D eigenvalue weighted by atomic mass is 9.71. The Hall–Kier alpha value is -4.97. The van der Waals surface area contributed by atoms with Crippen molar-refractivity contribution < 1.29 is 17.6 Å². The molecule has 9 rings (SSSR count). The van der Waals surface area contributed by atoms with Crippen molar-refractivity contribution in [3.05, 3.63) is 119 Å². The summed E-state index contributed by atoms with van der Waals surface area (Å²) >= 11 is 0. The summed E-state index contributed by atoms with van der Waals surface area (Å²) in [5.41, 5.74) is 5.92. The average molecular weight is 655 g/mol. The number of fused-ring (bicyclic) bond motifs is 8. The molecule has 0 radical (unpaired) electrons. The first-order chi connectivity index (χ1) is 23.2. The fraction of sp³-hybridized carbons (Fsp3) is 0.233. The molecule has 0 amide bonds. The van der Waals surface area contributed by atoms with Gasteiger partial charge in [0.2, 0.25) is 0 Å². The molecule has 1 unspecified atom stereocenters. The van der Waals surface area contributed by atoms with Crippen LogP contribution in [0.2, 0.25) is 0 Å². The standard InChI is InChI=1S/C43H34F4N2/c1-22(2)42(6)32-15-16-35(41(3,4)5)48-39(32)38-29-13-11-23-17-31-28-9-7-8-10-34(28)49(27-20-25(43(45,46)47)19-26(44)21-27)40(31)30-14-12-24(18-33(38)42)36(29)37(23)30/h7-22H,1-6H3. The van der Waals surface area contributed by atoms with E-state index in [9.17, 15) is 17.6 Å². The molecule has 0 aliphatic heterocycles. The van der Waals surface area contributed by atoms with Gasteiger partial charge in [-0.1, -0.05) is 90.1 Å². The summed E-state index contributed by atoms with van der Waals surface area (Å²) in [7, 11) is 0. The molecule has 244 valence electrons. The van der Waals surface area contributed by atoms with E-state index in [0.717, 1.165) is 71.6 Å². The van der Waals surface area contributed by atoms with Crippen molar-refractivity contribution in [2.45, 2.75) is 58.5 Å². The number of halogens is 4. The molecule has 1 atom stereocenters. The van der Waals surface area contributed by atoms with Gasteiger partial charge in [-0.3, -0.25) is 4.98 Å². The van der Waals surface area contributed by atoms with Crippen molar-refractivity contribution in [3.63, 3.8) is 0 Å². The topological polar surface area (TPSA) is 17.8 Å². The summed E-state index contributed by atoms with van der Waals surface area (Å²) in [5, 5.41) is 8.09. The summed E-state index contributed by atoms with van der Waals surface area (Å²) in [6.45, 7) is 13.4. The molecule has 0 saturated carbocycles. The molecular weight excluding hydrogens is 620 g/mol. The van der Waals surface area contributed by atoms with Gasteiger partial charge in [-0.05, 0) is 86.4 Å². The quantitative estimate of drug-likeness (QED) is 0.134. The van der Waals surface area contributed by atoms with E-state index in [-0.39, 0.29) is 16.5 Å². The number of hydrogen-bond acceptors (Lipinski definition) is 1. The number of rotatable bonds is 2. The predicted molar refractivity (Wildman–Crippen MR) is 193 cm³/mol. The third-order valence-electron chi connectivity index (χ3n) is 11.2. The maximum absolute atomic E-state index is 14.9. The van der Waals surface area contributed by atoms with Crippen LogP contribution in [0.25, 0.3) is 71.1 Å². The van der Waals surface area contributed by atoms with Crippen LogP contribution in [-0.4, -0.2) is 9.55 Å². The normalized spacial score (nSPS) is 16.6. The number of para-hydroxylation sites is 1. The molecule has 49 heavy (non-hydrogen) atoms. The van der Waals surface area contributed by atoms with Gasteiger partial charge in [0.15, 0.2) is 0 Å². The van der Waals surface area contributed by atoms with Crippen molar-refractivity contribution in [3.8, 4) is 16.9 Å². The Morgan fingerprint density at radius 1 is 0.714 bits per heavy atom. The van der Waals surface area contributed by atoms with Gasteiger partial charge in [0.1, 0.15) is 5.82 Å². The van der Waals surface area contributed by atoms with Crippen LogP contribution in [-0.2, 0) is 17.0 Å². The first kappa shape index (κ1) is 30.1. The zero-order valence-corrected chi connectivity index (χ0v) is 28.1. The molecule has 2 aromatic heterocycles. The van der Waals surface area contributed by atoms with Gasteiger partial charge in [0, 0.05) is 43.9 Å². The van der Waals surface area contributed by atoms with Gasteiger partial charge in [-0.25, -0.2) is 4.39 Å². The van der Waals surface area contributed by atoms with E-state index in [1.54, 1.807) is 4.57 Å². The minimum Gasteiger partial charge on any atom is -0.308 e. The van der Waals surface area contributed by atoms with E-state index < -0.39 is 17.6 Å². The summed E-state index contributed by atoms with van der Waals surface area (Å²) in [5.74, 6) is -0.621. The highest BCUT2D eigenvalue weighted by atomic mass is 19.4. The molecule has 6 heteroatoms. The Morgan fingerprint density at radius 2 is 1.41 bits per heavy atom. The summed E-state index contributed by atoms with van der Waals surface area (Å²) < 4.78 is 58.6. The molecule has 2 heterocycles. The van der Waals surface area contributed by atoms with Crippen LogP contribution >= 0.6 is 0 Å². The lowest BCUT2D eigenvalue weighted by Crippen LogP contribution is -2.28. The highest BCUT2D eigenvalue weighted by molar-refractivity contribution is 6.33. The second-order valence-electron chi connectivity index (χ2n) is 15.2. The minimum atomic E-state index is -4.69. The minimum absolute atomic E-state index is 0.127. The van der Waals surface area contributed by atoms with Gasteiger partial charge in [0.25, 0.3) is 0 Å². The van der Waals surface area contributed by atoms with Crippen molar-refractivity contribution in [2.24, 2.45) is 5.92 Å². The largest absolute Gasteiger partial charge is 0.416 e. The molecule has 1 aliphatic carbocycles. The van der Waals surface area contributed by atoms with Gasteiger partial charge in [0.05, 0.1) is 22.3 Å². The number of aromatic nitrogens is 2. The molecule has 2 nitrogen and oxygen atoms in total. The number of benzene rings is 6. The molecule has 0 bridgehead atoms. The third-order valence-corrected chi connectivity index (χ3v) is 11.2. The second-order valence-corrected chi connectivity index (χ2v) is 15.2. The van der Waals surface area contributed by atoms with Crippen LogP contribution in [0.5, 0.6) is 0 Å². The number of pyridine rings is 1. The molecule has 0 N–H and O–H groups in total. The Labute approximate surface area is 281 Å². The first-order valence-corrected chi connectivity index (χ1v) is 16.8. The van der Waals surface area contributed by atoms with Gasteiger partial charge in [-0.15, -0.1) is 0 Å². The highest BCUT2D eigenvalue weighted by Gasteiger charge is 2.44. The van der Waals surface area contributed by atoms with Crippen LogP contribution in [0.4, 0.5) is 17.6 Å². The van der Waals surface area contributed by atoms with Crippen LogP contribution in [0.1, 0.15) is 63.9 Å². The van der Waals surface area contributed by atoms with Crippen molar-refractivity contribution in [2.75, 3.05) is 0 Å². The zero-order valence-electron chi connectivity index (χ0n) is 28.1. The Bertz CT molecular complexity index is 2690. The van der Waals surface area contributed by atoms with E-state index in [2.05, 4.69) is 90.1 Å². The van der Waals surface area contributed by atoms with Gasteiger partial charge >= 0.3 is 6.18 Å². The summed E-state index contributed by atoms with van der Waals surface area (Å²) in [6, 6.07) is 27.9. The fourth-order valence-corrected chi connectivity index (χ4v) is 8.45. The Kier molecular flexibility index (Phi) is 5.89. The lowest BCUT2D eigenvalue weighted by molar-refractivity contribution is -0.137. The maximum Gasteiger partial charge on any atom is 0.416 e. The number of alkyl halides is 3.